The molecule has 0 saturated carbocycles. The lowest BCUT2D eigenvalue weighted by molar-refractivity contribution is -0.166. The van der Waals surface area contributed by atoms with E-state index in [1.807, 2.05) is 0 Å². The minimum Gasteiger partial charge on any atom is -0.395 e. The number of benzene rings is 18. The van der Waals surface area contributed by atoms with E-state index in [0.717, 1.165) is 19.6 Å². The van der Waals surface area contributed by atoms with Gasteiger partial charge in [-0.05, 0) is 313 Å². The molecular formula is C65H10N2O. The van der Waals surface area contributed by atoms with Gasteiger partial charge in [0, 0.05) is 25.7 Å². The Kier molecular flexibility index (Phi) is 2.02. The van der Waals surface area contributed by atoms with Crippen LogP contribution in [0.25, 0.3) is 291 Å². The maximum atomic E-state index is 11.9. The van der Waals surface area contributed by atoms with Gasteiger partial charge in [-0.2, -0.15) is 0 Å². The molecule has 3 aliphatic heterocycles. The fourth-order valence-corrected chi connectivity index (χ4v) is 26.0. The van der Waals surface area contributed by atoms with Gasteiger partial charge in [-0.1, -0.05) is 0 Å². The van der Waals surface area contributed by atoms with E-state index in [1.165, 1.54) is 0 Å². The number of fused-ring (bicyclic) bond motifs is 2. The summed E-state index contributed by atoms with van der Waals surface area (Å²) in [5.74, 6) is 0. The van der Waals surface area contributed by atoms with Crippen molar-refractivity contribution in [1.29, 1.82) is 0 Å². The van der Waals surface area contributed by atoms with Crippen LogP contribution in [0, 0.1) is 0 Å². The van der Waals surface area contributed by atoms with Crippen LogP contribution in [0.5, 0.6) is 0 Å². The summed E-state index contributed by atoms with van der Waals surface area (Å²) in [6.45, 7) is 3.19. The summed E-state index contributed by atoms with van der Waals surface area (Å²) in [7, 11) is 0. The predicted molar refractivity (Wildman–Crippen MR) is 283 cm³/mol. The molecule has 7 aliphatic rings. The average molecular weight is 835 g/mol. The highest BCUT2D eigenvalue weighted by atomic mass is 16.3. The van der Waals surface area contributed by atoms with Crippen molar-refractivity contribution in [2.75, 3.05) is 26.2 Å². The second kappa shape index (κ2) is 5.52. The van der Waals surface area contributed by atoms with Crippen molar-refractivity contribution in [2.24, 2.45) is 0 Å². The maximum absolute atomic E-state index is 11.9. The van der Waals surface area contributed by atoms with Crippen molar-refractivity contribution in [1.82, 2.24) is 9.80 Å². The normalized spacial score (nSPS) is 27.0. The number of hydrogen-bond acceptors (Lipinski definition) is 3. The first-order chi connectivity index (χ1) is 33.9. The summed E-state index contributed by atoms with van der Waals surface area (Å²) in [6.07, 6.45) is 0. The zero-order valence-electron chi connectivity index (χ0n) is 34.7. The van der Waals surface area contributed by atoms with Crippen LogP contribution < -0.4 is 0 Å². The third kappa shape index (κ3) is 1.25. The molecule has 3 nitrogen and oxygen atoms in total. The molecule has 28 aromatic carbocycles. The third-order valence-electron chi connectivity index (χ3n) is 25.8. The number of nitrogens with zero attached hydrogens (tertiary/aromatic N) is 2. The average Bonchev–Trinajstić information content (AvgIpc) is 4.24. The Balaban J connectivity index is 1.22. The molecule has 0 amide bonds. The van der Waals surface area contributed by atoms with Gasteiger partial charge in [-0.3, -0.25) is 9.80 Å². The molecule has 2 bridgehead atoms. The van der Waals surface area contributed by atoms with Gasteiger partial charge in [0.05, 0.1) is 6.61 Å². The molecule has 2 spiro atoms. The molecule has 0 radical (unpaired) electrons. The van der Waals surface area contributed by atoms with Crippen LogP contribution in [0.3, 0.4) is 0 Å². The van der Waals surface area contributed by atoms with Crippen molar-refractivity contribution in [3.63, 3.8) is 0 Å². The van der Waals surface area contributed by atoms with E-state index in [4.69, 9.17) is 0 Å². The minimum atomic E-state index is -0.428. The smallest absolute Gasteiger partial charge is 0.102 e. The fraction of sp³-hybridized carbons (Fsp3) is 0.108. The molecular weight excluding hydrogens is 825 g/mol. The third-order valence-corrected chi connectivity index (χ3v) is 25.8. The van der Waals surface area contributed by atoms with Gasteiger partial charge in [0.15, 0.2) is 0 Å². The molecule has 4 aliphatic carbocycles. The van der Waals surface area contributed by atoms with Crippen LogP contribution in [-0.2, 0) is 11.1 Å². The maximum Gasteiger partial charge on any atom is 0.102 e. The minimum absolute atomic E-state index is 0.0820. The highest BCUT2D eigenvalue weighted by Crippen LogP contribution is 2.86. The van der Waals surface area contributed by atoms with E-state index >= 15 is 0 Å². The molecule has 28 aromatic rings. The topological polar surface area (TPSA) is 26.7 Å². The standard InChI is InChI=1S/C65H10N2O/c68-4-5-3-66-1-2-67(5)65-62-56-50-40-32-22-14-10-7-6-8-12(14)20-28(22)42(50)48-38-30(20)24-16(8)17-9(6)13-15-11(7)19-18(10)26(32)36-37-27(19)33-23(15)29-21(13)31-25(17)35-34(24)44(38)52-53-45(35)39(31)49-43(29)51-41(33)47(37)59(58(62)46(36)40)63(65)57(51)55(49)61(53)64(65,66)60(52)54(48)56/h5,68H,1-4H2/t5-,64?,65?/m0/s1. The van der Waals surface area contributed by atoms with Crippen LogP contribution in [-0.4, -0.2) is 47.2 Å². The molecule has 3 heteroatoms. The Labute approximate surface area is 369 Å². The molecule has 68 heavy (non-hydrogen) atoms. The van der Waals surface area contributed by atoms with E-state index in [0.29, 0.717) is 0 Å². The summed E-state index contributed by atoms with van der Waals surface area (Å²) < 4.78 is 0. The van der Waals surface area contributed by atoms with Gasteiger partial charge in [0.2, 0.25) is 0 Å². The highest BCUT2D eigenvalue weighted by molar-refractivity contribution is 6.82. The zero-order chi connectivity index (χ0) is 40.0. The van der Waals surface area contributed by atoms with E-state index in [9.17, 15) is 5.11 Å². The summed E-state index contributed by atoms with van der Waals surface area (Å²) in [6, 6.07) is 0.0820. The number of aliphatic hydroxyl groups excluding tert-OH is 1. The van der Waals surface area contributed by atoms with E-state index in [1.54, 1.807) is 313 Å². The monoisotopic (exact) mass is 834 g/mol. The largest absolute Gasteiger partial charge is 0.395 e. The van der Waals surface area contributed by atoms with Crippen molar-refractivity contribution < 1.29 is 5.11 Å². The molecule has 35 rings (SSSR count). The van der Waals surface area contributed by atoms with E-state index in [2.05, 4.69) is 9.80 Å². The molecule has 286 valence electrons. The van der Waals surface area contributed by atoms with Gasteiger partial charge in [-0.25, -0.2) is 0 Å². The molecule has 3 fully saturated rings. The lowest BCUT2D eigenvalue weighted by atomic mass is 9.53. The lowest BCUT2D eigenvalue weighted by Gasteiger charge is -2.71. The van der Waals surface area contributed by atoms with Crippen LogP contribution in [0.2, 0.25) is 0 Å². The lowest BCUT2D eigenvalue weighted by Crippen LogP contribution is -2.80. The van der Waals surface area contributed by atoms with Gasteiger partial charge in [-0.15, -0.1) is 0 Å². The van der Waals surface area contributed by atoms with Gasteiger partial charge in [0.1, 0.15) is 11.1 Å². The Morgan fingerprint density at radius 1 is 0.250 bits per heavy atom. The van der Waals surface area contributed by atoms with Crippen molar-refractivity contribution in [2.45, 2.75) is 17.1 Å². The molecule has 3 atom stereocenters. The zero-order valence-corrected chi connectivity index (χ0v) is 34.7. The van der Waals surface area contributed by atoms with Crippen LogP contribution in [0.1, 0.15) is 22.3 Å². The first kappa shape index (κ1) is 24.9. The second-order valence-electron chi connectivity index (χ2n) is 25.6. The van der Waals surface area contributed by atoms with Crippen LogP contribution >= 0.6 is 0 Å². The molecule has 2 unspecified atom stereocenters. The van der Waals surface area contributed by atoms with Gasteiger partial charge < -0.3 is 5.11 Å². The van der Waals surface area contributed by atoms with Crippen molar-refractivity contribution >= 4 is 291 Å². The number of aliphatic hydroxyl groups is 1. The second-order valence-corrected chi connectivity index (χ2v) is 25.6. The highest BCUT2D eigenvalue weighted by Gasteiger charge is 2.77. The van der Waals surface area contributed by atoms with Crippen LogP contribution in [0.15, 0.2) is 0 Å². The fourth-order valence-electron chi connectivity index (χ4n) is 26.0. The van der Waals surface area contributed by atoms with Gasteiger partial charge in [0.25, 0.3) is 0 Å². The summed E-state index contributed by atoms with van der Waals surface area (Å²) >= 11 is 0. The number of hydrogen-bond donors (Lipinski definition) is 1. The quantitative estimate of drug-likeness (QED) is 0.167. The number of rotatable bonds is 1. The van der Waals surface area contributed by atoms with Gasteiger partial charge >= 0.3 is 0 Å². The van der Waals surface area contributed by atoms with Crippen LogP contribution in [0.4, 0.5) is 0 Å². The summed E-state index contributed by atoms with van der Waals surface area (Å²) in [4.78, 5) is 6.13. The van der Waals surface area contributed by atoms with Crippen molar-refractivity contribution in [3.8, 4) is 0 Å². The molecule has 1 N–H and O–H groups in total. The summed E-state index contributed by atoms with van der Waals surface area (Å²) in [5.41, 5.74) is 6.01. The first-order valence-corrected chi connectivity index (χ1v) is 25.8. The first-order valence-electron chi connectivity index (χ1n) is 25.8. The molecule has 0 aromatic heterocycles. The van der Waals surface area contributed by atoms with E-state index in [-0.39, 0.29) is 18.2 Å². The summed E-state index contributed by atoms with van der Waals surface area (Å²) in [5, 5.41) is 101. The Bertz CT molecular complexity index is 6950. The Morgan fingerprint density at radius 2 is 0.426 bits per heavy atom. The molecule has 3 heterocycles. The Hall–Kier alpha value is -7.66. The molecule has 3 saturated heterocycles. The predicted octanol–water partition coefficient (Wildman–Crippen LogP) is 15.2. The SMILES string of the molecule is OC[C@@H]1CN2CCN1C13c4c5c6c7c8c9c(c%10c%11c1c1c4c4c%12c5c5c6c6c8c8c%13c9c9c%10c%10c%11c%11c1c1c4c4c%12c%12c5c5c6c8c6c8c%13c9c9c%10c%10c%11c1c1c4c4c%12c5c6c5c8c9c%10c1c45)C723. The number of piperazine rings is 3. The Morgan fingerprint density at radius 3 is 0.618 bits per heavy atom. The van der Waals surface area contributed by atoms with E-state index < -0.39 is 5.54 Å². The van der Waals surface area contributed by atoms with Crippen molar-refractivity contribution in [3.05, 3.63) is 22.3 Å².